The average molecular weight is 328 g/mol. The molecule has 0 radical (unpaired) electrons. The minimum absolute atomic E-state index is 0. The van der Waals surface area contributed by atoms with Crippen molar-refractivity contribution < 1.29 is 14.6 Å². The molecule has 1 aromatic heterocycles. The number of aliphatic hydroxyl groups is 1. The second kappa shape index (κ2) is 7.64. The lowest BCUT2D eigenvalue weighted by atomic mass is 10.1. The van der Waals surface area contributed by atoms with E-state index in [9.17, 15) is 9.90 Å². The molecule has 1 aromatic rings. The molecule has 7 nitrogen and oxygen atoms in total. The van der Waals surface area contributed by atoms with Crippen LogP contribution >= 0.6 is 13.5 Å². The molecule has 1 amide bonds. The van der Waals surface area contributed by atoms with Crippen molar-refractivity contribution in [2.45, 2.75) is 32.4 Å². The number of rotatable bonds is 2. The zero-order valence-corrected chi connectivity index (χ0v) is 14.2. The highest BCUT2D eigenvalue weighted by molar-refractivity contribution is 7.59. The quantitative estimate of drug-likeness (QED) is 0.873. The standard InChI is InChI=1S/C14H22N4O3.H2S/c1-14(2,3)21-13(20)17-7-8-18(11(9-17)10-19)12-5-4-6-15-16-12;/h4-6,11,19H,7-10H2,1-3H3;1H2/t11-;/m0./s1. The van der Waals surface area contributed by atoms with Gasteiger partial charge >= 0.3 is 6.09 Å². The summed E-state index contributed by atoms with van der Waals surface area (Å²) in [5.74, 6) is 0.709. The second-order valence-corrected chi connectivity index (χ2v) is 6.04. The number of carbonyl (C=O) groups excluding carboxylic acids is 1. The van der Waals surface area contributed by atoms with Gasteiger partial charge in [-0.1, -0.05) is 0 Å². The summed E-state index contributed by atoms with van der Waals surface area (Å²) in [5.41, 5.74) is -0.520. The zero-order valence-electron chi connectivity index (χ0n) is 13.2. The monoisotopic (exact) mass is 328 g/mol. The van der Waals surface area contributed by atoms with E-state index in [2.05, 4.69) is 10.2 Å². The van der Waals surface area contributed by atoms with Crippen LogP contribution in [0.25, 0.3) is 0 Å². The third-order valence-electron chi connectivity index (χ3n) is 3.20. The molecule has 0 saturated carbocycles. The molecule has 1 aliphatic heterocycles. The van der Waals surface area contributed by atoms with Gasteiger partial charge in [0, 0.05) is 25.8 Å². The SMILES string of the molecule is CC(C)(C)OC(=O)N1CCN(c2cccnn2)[C@H](CO)C1.S. The summed E-state index contributed by atoms with van der Waals surface area (Å²) in [6.45, 7) is 6.97. The van der Waals surface area contributed by atoms with Gasteiger partial charge in [0.15, 0.2) is 5.82 Å². The Balaban J connectivity index is 0.00000242. The Kier molecular flexibility index (Phi) is 6.43. The summed E-state index contributed by atoms with van der Waals surface area (Å²) in [7, 11) is 0. The first kappa shape index (κ1) is 18.5. The Bertz CT molecular complexity index is 481. The van der Waals surface area contributed by atoms with Crippen LogP contribution < -0.4 is 4.90 Å². The first-order valence-electron chi connectivity index (χ1n) is 7.04. The van der Waals surface area contributed by atoms with Crippen LogP contribution in [-0.2, 0) is 4.74 Å². The molecule has 1 aliphatic rings. The highest BCUT2D eigenvalue weighted by Gasteiger charge is 2.32. The van der Waals surface area contributed by atoms with Crippen LogP contribution in [0.1, 0.15) is 20.8 Å². The maximum Gasteiger partial charge on any atom is 0.410 e. The largest absolute Gasteiger partial charge is 0.444 e. The molecule has 22 heavy (non-hydrogen) atoms. The normalized spacial score (nSPS) is 18.6. The maximum absolute atomic E-state index is 12.1. The Morgan fingerprint density at radius 2 is 2.18 bits per heavy atom. The number of hydrogen-bond acceptors (Lipinski definition) is 6. The van der Waals surface area contributed by atoms with E-state index >= 15 is 0 Å². The van der Waals surface area contributed by atoms with Gasteiger partial charge in [0.25, 0.3) is 0 Å². The fraction of sp³-hybridized carbons (Fsp3) is 0.643. The van der Waals surface area contributed by atoms with Crippen LogP contribution in [0.4, 0.5) is 10.6 Å². The summed E-state index contributed by atoms with van der Waals surface area (Å²) < 4.78 is 5.37. The molecule has 0 aliphatic carbocycles. The molecule has 0 bridgehead atoms. The number of anilines is 1. The minimum atomic E-state index is -0.520. The molecule has 0 spiro atoms. The molecule has 1 N–H and O–H groups in total. The number of aromatic nitrogens is 2. The minimum Gasteiger partial charge on any atom is -0.444 e. The zero-order chi connectivity index (χ0) is 15.5. The number of amides is 1. The number of aliphatic hydroxyl groups excluding tert-OH is 1. The lowest BCUT2D eigenvalue weighted by Gasteiger charge is -2.41. The average Bonchev–Trinajstić information content (AvgIpc) is 2.45. The van der Waals surface area contributed by atoms with Crippen molar-refractivity contribution >= 4 is 25.4 Å². The molecule has 0 aromatic carbocycles. The first-order valence-corrected chi connectivity index (χ1v) is 7.04. The molecular formula is C14H24N4O3S. The van der Waals surface area contributed by atoms with Crippen LogP contribution in [-0.4, -0.2) is 64.2 Å². The number of carbonyl (C=O) groups is 1. The Hall–Kier alpha value is -1.54. The molecule has 1 fully saturated rings. The van der Waals surface area contributed by atoms with E-state index in [0.29, 0.717) is 25.5 Å². The lowest BCUT2D eigenvalue weighted by Crippen LogP contribution is -2.57. The Labute approximate surface area is 137 Å². The van der Waals surface area contributed by atoms with Crippen LogP contribution in [0.5, 0.6) is 0 Å². The van der Waals surface area contributed by atoms with E-state index in [1.54, 1.807) is 17.2 Å². The van der Waals surface area contributed by atoms with Gasteiger partial charge < -0.3 is 19.6 Å². The van der Waals surface area contributed by atoms with Crippen LogP contribution in [0, 0.1) is 0 Å². The van der Waals surface area contributed by atoms with Gasteiger partial charge in [-0.2, -0.15) is 18.6 Å². The summed E-state index contributed by atoms with van der Waals surface area (Å²) in [5, 5.41) is 17.5. The van der Waals surface area contributed by atoms with E-state index < -0.39 is 5.60 Å². The van der Waals surface area contributed by atoms with Crippen molar-refractivity contribution in [1.82, 2.24) is 15.1 Å². The summed E-state index contributed by atoms with van der Waals surface area (Å²) >= 11 is 0. The van der Waals surface area contributed by atoms with Crippen molar-refractivity contribution in [3.63, 3.8) is 0 Å². The Morgan fingerprint density at radius 3 is 2.73 bits per heavy atom. The van der Waals surface area contributed by atoms with Gasteiger partial charge in [-0.05, 0) is 32.9 Å². The fourth-order valence-corrected chi connectivity index (χ4v) is 2.25. The fourth-order valence-electron chi connectivity index (χ4n) is 2.25. The highest BCUT2D eigenvalue weighted by Crippen LogP contribution is 2.19. The van der Waals surface area contributed by atoms with Crippen molar-refractivity contribution in [2.24, 2.45) is 0 Å². The Morgan fingerprint density at radius 1 is 1.45 bits per heavy atom. The van der Waals surface area contributed by atoms with Crippen molar-refractivity contribution in [3.05, 3.63) is 18.3 Å². The summed E-state index contributed by atoms with van der Waals surface area (Å²) in [6, 6.07) is 3.44. The lowest BCUT2D eigenvalue weighted by molar-refractivity contribution is 0.0197. The van der Waals surface area contributed by atoms with Gasteiger partial charge in [-0.15, -0.1) is 5.10 Å². The maximum atomic E-state index is 12.1. The van der Waals surface area contributed by atoms with Crippen molar-refractivity contribution in [1.29, 1.82) is 0 Å². The van der Waals surface area contributed by atoms with Gasteiger partial charge in [0.05, 0.1) is 12.6 Å². The van der Waals surface area contributed by atoms with Crippen LogP contribution in [0.3, 0.4) is 0 Å². The number of hydrogen-bond donors (Lipinski definition) is 1. The van der Waals surface area contributed by atoms with E-state index in [1.807, 2.05) is 31.7 Å². The van der Waals surface area contributed by atoms with Gasteiger partial charge in [-0.25, -0.2) is 4.79 Å². The molecule has 2 heterocycles. The summed E-state index contributed by atoms with van der Waals surface area (Å²) in [6.07, 6.45) is 1.26. The van der Waals surface area contributed by atoms with Crippen LogP contribution in [0.15, 0.2) is 18.3 Å². The predicted octanol–water partition coefficient (Wildman–Crippen LogP) is 1.01. The topological polar surface area (TPSA) is 78.8 Å². The van der Waals surface area contributed by atoms with Gasteiger partial charge in [0.1, 0.15) is 5.60 Å². The van der Waals surface area contributed by atoms with E-state index in [4.69, 9.17) is 4.74 Å². The van der Waals surface area contributed by atoms with E-state index in [-0.39, 0.29) is 32.2 Å². The third kappa shape index (κ3) is 4.74. The van der Waals surface area contributed by atoms with Crippen molar-refractivity contribution in [3.8, 4) is 0 Å². The highest BCUT2D eigenvalue weighted by atomic mass is 32.1. The number of nitrogens with zero attached hydrogens (tertiary/aromatic N) is 4. The molecular weight excluding hydrogens is 304 g/mol. The first-order chi connectivity index (χ1) is 9.90. The number of ether oxygens (including phenoxy) is 1. The van der Waals surface area contributed by atoms with Crippen molar-refractivity contribution in [2.75, 3.05) is 31.1 Å². The number of piperazine rings is 1. The van der Waals surface area contributed by atoms with Crippen LogP contribution in [0.2, 0.25) is 0 Å². The second-order valence-electron chi connectivity index (χ2n) is 6.04. The van der Waals surface area contributed by atoms with E-state index in [0.717, 1.165) is 0 Å². The smallest absolute Gasteiger partial charge is 0.410 e. The molecule has 8 heteroatoms. The third-order valence-corrected chi connectivity index (χ3v) is 3.20. The molecule has 2 rings (SSSR count). The molecule has 0 unspecified atom stereocenters. The molecule has 1 atom stereocenters. The molecule has 124 valence electrons. The predicted molar refractivity (Wildman–Crippen MR) is 88.4 cm³/mol. The van der Waals surface area contributed by atoms with Gasteiger partial charge in [0.2, 0.25) is 0 Å². The van der Waals surface area contributed by atoms with Gasteiger partial charge in [-0.3, -0.25) is 0 Å². The molecule has 1 saturated heterocycles. The van der Waals surface area contributed by atoms with E-state index in [1.165, 1.54) is 0 Å². The summed E-state index contributed by atoms with van der Waals surface area (Å²) in [4.78, 5) is 15.7.